The number of carbonyl (C=O) groups excluding carboxylic acids is 1. The molecular weight excluding hydrogens is 441 g/mol. The van der Waals surface area contributed by atoms with Crippen LogP contribution in [0.3, 0.4) is 0 Å². The molecule has 35 heavy (non-hydrogen) atoms. The van der Waals surface area contributed by atoms with E-state index in [2.05, 4.69) is 70.5 Å². The molecule has 0 unspecified atom stereocenters. The van der Waals surface area contributed by atoms with Crippen LogP contribution in [0.4, 0.5) is 0 Å². The Morgan fingerprint density at radius 3 is 2.37 bits per heavy atom. The first-order chi connectivity index (χ1) is 16.4. The van der Waals surface area contributed by atoms with Crippen molar-refractivity contribution in [3.8, 4) is 5.75 Å². The van der Waals surface area contributed by atoms with Gasteiger partial charge in [-0.3, -0.25) is 4.79 Å². The molecule has 0 radical (unpaired) electrons. The number of methoxy groups -OCH3 is 1. The highest BCUT2D eigenvalue weighted by atomic mass is 16.7. The molecule has 6 nitrogen and oxygen atoms in total. The minimum Gasteiger partial charge on any atom is -0.489 e. The Balaban J connectivity index is 1.71. The largest absolute Gasteiger partial charge is 0.495 e. The first kappa shape index (κ1) is 25.3. The van der Waals surface area contributed by atoms with Gasteiger partial charge in [-0.2, -0.15) is 0 Å². The van der Waals surface area contributed by atoms with E-state index < -0.39 is 18.3 Å². The van der Waals surface area contributed by atoms with Crippen LogP contribution in [0.15, 0.2) is 42.6 Å². The SMILES string of the molecule is COC(=O)Cc1ccc(C)cc1OCc1cc(B2OC(C)(C)C(C)(C)O2)c2ccn(C(C)C)c2c1. The molecule has 1 saturated heterocycles. The summed E-state index contributed by atoms with van der Waals surface area (Å²) in [6.45, 7) is 15.0. The number of hydrogen-bond donors (Lipinski definition) is 0. The van der Waals surface area contributed by atoms with E-state index in [1.165, 1.54) is 7.11 Å². The number of carbonyl (C=O) groups is 1. The van der Waals surface area contributed by atoms with Gasteiger partial charge >= 0.3 is 13.1 Å². The van der Waals surface area contributed by atoms with E-state index in [-0.39, 0.29) is 12.4 Å². The monoisotopic (exact) mass is 477 g/mol. The standard InChI is InChI=1S/C28H36BNO5/c1-18(2)30-12-11-22-23(29-34-27(4,5)28(6,7)35-29)14-20(15-24(22)30)17-33-25-13-19(3)9-10-21(25)16-26(31)32-8/h9-15,18H,16-17H2,1-8H3. The zero-order valence-corrected chi connectivity index (χ0v) is 22.1. The molecule has 4 rings (SSSR count). The molecule has 2 heterocycles. The van der Waals surface area contributed by atoms with E-state index >= 15 is 0 Å². The molecule has 186 valence electrons. The molecule has 0 aliphatic carbocycles. The molecule has 7 heteroatoms. The van der Waals surface area contributed by atoms with Gasteiger partial charge in [0.1, 0.15) is 12.4 Å². The van der Waals surface area contributed by atoms with Gasteiger partial charge in [-0.1, -0.05) is 18.2 Å². The summed E-state index contributed by atoms with van der Waals surface area (Å²) in [5, 5.41) is 1.11. The number of fused-ring (bicyclic) bond motifs is 1. The topological polar surface area (TPSA) is 58.9 Å². The van der Waals surface area contributed by atoms with E-state index in [1.807, 2.05) is 25.1 Å². The van der Waals surface area contributed by atoms with Gasteiger partial charge in [-0.15, -0.1) is 0 Å². The van der Waals surface area contributed by atoms with Crippen molar-refractivity contribution in [1.82, 2.24) is 4.57 Å². The Bertz CT molecular complexity index is 1230. The van der Waals surface area contributed by atoms with Crippen LogP contribution in [0.2, 0.25) is 0 Å². The summed E-state index contributed by atoms with van der Waals surface area (Å²) in [6, 6.07) is 12.6. The highest BCUT2D eigenvalue weighted by Gasteiger charge is 2.52. The van der Waals surface area contributed by atoms with Crippen LogP contribution in [0.5, 0.6) is 5.75 Å². The van der Waals surface area contributed by atoms with Crippen LogP contribution in [0.25, 0.3) is 10.9 Å². The van der Waals surface area contributed by atoms with Crippen LogP contribution in [-0.2, 0) is 31.9 Å². The van der Waals surface area contributed by atoms with Gasteiger partial charge in [-0.25, -0.2) is 0 Å². The predicted octanol–water partition coefficient (Wildman–Crippen LogP) is 5.12. The molecule has 2 aromatic carbocycles. The van der Waals surface area contributed by atoms with Crippen LogP contribution in [-0.4, -0.2) is 36.0 Å². The average Bonchev–Trinajstić information content (AvgIpc) is 3.30. The summed E-state index contributed by atoms with van der Waals surface area (Å²) in [7, 11) is 0.923. The third kappa shape index (κ3) is 4.98. The molecule has 1 aliphatic rings. The molecule has 0 saturated carbocycles. The first-order valence-electron chi connectivity index (χ1n) is 12.2. The second kappa shape index (κ2) is 9.36. The minimum absolute atomic E-state index is 0.167. The summed E-state index contributed by atoms with van der Waals surface area (Å²) < 4.78 is 26.2. The Kier molecular flexibility index (Phi) is 6.77. The van der Waals surface area contributed by atoms with Gasteiger partial charge in [0.25, 0.3) is 0 Å². The van der Waals surface area contributed by atoms with Crippen molar-refractivity contribution in [1.29, 1.82) is 0 Å². The summed E-state index contributed by atoms with van der Waals surface area (Å²) in [5.74, 6) is 0.393. The highest BCUT2D eigenvalue weighted by Crippen LogP contribution is 2.37. The second-order valence-corrected chi connectivity index (χ2v) is 10.7. The quantitative estimate of drug-likeness (QED) is 0.349. The molecule has 3 aromatic rings. The van der Waals surface area contributed by atoms with Gasteiger partial charge in [0.2, 0.25) is 0 Å². The number of hydrogen-bond acceptors (Lipinski definition) is 5. The number of aromatic nitrogens is 1. The molecule has 0 N–H and O–H groups in total. The fourth-order valence-corrected chi connectivity index (χ4v) is 4.38. The lowest BCUT2D eigenvalue weighted by atomic mass is 9.76. The third-order valence-electron chi connectivity index (χ3n) is 7.17. The number of rotatable bonds is 7. The summed E-state index contributed by atoms with van der Waals surface area (Å²) in [5.41, 5.74) is 4.13. The fraction of sp³-hybridized carbons (Fsp3) is 0.464. The maximum atomic E-state index is 11.9. The number of benzene rings is 2. The van der Waals surface area contributed by atoms with Gasteiger partial charge < -0.3 is 23.3 Å². The van der Waals surface area contributed by atoms with Crippen molar-refractivity contribution in [3.63, 3.8) is 0 Å². The van der Waals surface area contributed by atoms with Gasteiger partial charge in [0, 0.05) is 23.3 Å². The van der Waals surface area contributed by atoms with Crippen LogP contribution >= 0.6 is 0 Å². The Labute approximate surface area is 208 Å². The third-order valence-corrected chi connectivity index (χ3v) is 7.17. The van der Waals surface area contributed by atoms with E-state index in [1.54, 1.807) is 0 Å². The van der Waals surface area contributed by atoms with Gasteiger partial charge in [0.15, 0.2) is 0 Å². The Morgan fingerprint density at radius 1 is 1.06 bits per heavy atom. The fourth-order valence-electron chi connectivity index (χ4n) is 4.38. The van der Waals surface area contributed by atoms with Crippen molar-refractivity contribution >= 4 is 29.5 Å². The lowest BCUT2D eigenvalue weighted by Gasteiger charge is -2.32. The summed E-state index contributed by atoms with van der Waals surface area (Å²) >= 11 is 0. The van der Waals surface area contributed by atoms with E-state index in [4.69, 9.17) is 18.8 Å². The molecule has 1 aromatic heterocycles. The zero-order chi connectivity index (χ0) is 25.5. The lowest BCUT2D eigenvalue weighted by Crippen LogP contribution is -2.41. The molecule has 0 atom stereocenters. The normalized spacial score (nSPS) is 16.8. The zero-order valence-electron chi connectivity index (χ0n) is 22.1. The maximum Gasteiger partial charge on any atom is 0.495 e. The molecule has 0 amide bonds. The number of esters is 1. The Hall–Kier alpha value is -2.77. The van der Waals surface area contributed by atoms with Crippen LogP contribution < -0.4 is 10.2 Å². The maximum absolute atomic E-state index is 11.9. The smallest absolute Gasteiger partial charge is 0.489 e. The van der Waals surface area contributed by atoms with E-state index in [0.29, 0.717) is 18.4 Å². The second-order valence-electron chi connectivity index (χ2n) is 10.7. The summed E-state index contributed by atoms with van der Waals surface area (Å²) in [4.78, 5) is 11.9. The molecule has 1 fully saturated rings. The van der Waals surface area contributed by atoms with Crippen LogP contribution in [0.1, 0.15) is 64.3 Å². The summed E-state index contributed by atoms with van der Waals surface area (Å²) in [6.07, 6.45) is 2.28. The van der Waals surface area contributed by atoms with Crippen molar-refractivity contribution in [3.05, 3.63) is 59.3 Å². The molecular formula is C28H36BNO5. The van der Waals surface area contributed by atoms with Crippen LogP contribution in [0, 0.1) is 6.92 Å². The number of nitrogens with zero attached hydrogens (tertiary/aromatic N) is 1. The lowest BCUT2D eigenvalue weighted by molar-refractivity contribution is -0.139. The first-order valence-corrected chi connectivity index (χ1v) is 12.2. The molecule has 0 bridgehead atoms. The van der Waals surface area contributed by atoms with Crippen molar-refractivity contribution < 1.29 is 23.6 Å². The van der Waals surface area contributed by atoms with Crippen molar-refractivity contribution in [2.45, 2.75) is 78.7 Å². The molecule has 1 aliphatic heterocycles. The van der Waals surface area contributed by atoms with E-state index in [0.717, 1.165) is 33.1 Å². The number of aryl methyl sites for hydroxylation is 1. The van der Waals surface area contributed by atoms with Gasteiger partial charge in [0.05, 0.1) is 24.7 Å². The van der Waals surface area contributed by atoms with Crippen molar-refractivity contribution in [2.24, 2.45) is 0 Å². The average molecular weight is 477 g/mol. The number of ether oxygens (including phenoxy) is 2. The predicted molar refractivity (Wildman–Crippen MR) is 139 cm³/mol. The Morgan fingerprint density at radius 2 is 1.74 bits per heavy atom. The van der Waals surface area contributed by atoms with Gasteiger partial charge in [-0.05, 0) is 88.6 Å². The van der Waals surface area contributed by atoms with E-state index in [9.17, 15) is 4.79 Å². The minimum atomic E-state index is -0.473. The van der Waals surface area contributed by atoms with Crippen molar-refractivity contribution in [2.75, 3.05) is 7.11 Å². The highest BCUT2D eigenvalue weighted by molar-refractivity contribution is 6.65. The molecule has 0 spiro atoms.